The number of hydrogen-bond donors (Lipinski definition) is 1. The van der Waals surface area contributed by atoms with Crippen molar-refractivity contribution < 1.29 is 9.47 Å². The first-order valence-corrected chi connectivity index (χ1v) is 19.1. The number of ether oxygens (including phenoxy) is 2. The molecule has 0 radical (unpaired) electrons. The fourth-order valence-corrected chi connectivity index (χ4v) is 8.63. The molecule has 0 saturated heterocycles. The van der Waals surface area contributed by atoms with Gasteiger partial charge in [0.2, 0.25) is 11.8 Å². The number of allylic oxidation sites excluding steroid dienone is 1. The van der Waals surface area contributed by atoms with Gasteiger partial charge in [-0.05, 0) is 104 Å². The van der Waals surface area contributed by atoms with Gasteiger partial charge in [0.15, 0.2) is 5.69 Å². The highest BCUT2D eigenvalue weighted by Gasteiger charge is 2.37. The smallest absolute Gasteiger partial charge is 0.253 e. The summed E-state index contributed by atoms with van der Waals surface area (Å²) >= 11 is 7.86. The van der Waals surface area contributed by atoms with E-state index in [4.69, 9.17) is 39.2 Å². The molecule has 1 N–H and O–H groups in total. The van der Waals surface area contributed by atoms with Crippen molar-refractivity contribution in [3.8, 4) is 29.5 Å². The van der Waals surface area contributed by atoms with E-state index < -0.39 is 0 Å². The summed E-state index contributed by atoms with van der Waals surface area (Å²) in [5, 5.41) is 20.8. The van der Waals surface area contributed by atoms with Gasteiger partial charge >= 0.3 is 0 Å². The molecular formula is C43H35ClN6O2S. The average molecular weight is 735 g/mol. The zero-order valence-electron chi connectivity index (χ0n) is 29.0. The number of halogens is 1. The van der Waals surface area contributed by atoms with E-state index in [0.29, 0.717) is 50.6 Å². The number of aromatic amines is 1. The van der Waals surface area contributed by atoms with Crippen LogP contribution in [0.5, 0.6) is 17.4 Å². The van der Waals surface area contributed by atoms with Crippen LogP contribution in [-0.4, -0.2) is 10.9 Å². The second-order valence-corrected chi connectivity index (χ2v) is 14.9. The van der Waals surface area contributed by atoms with E-state index >= 15 is 0 Å². The number of rotatable bonds is 8. The van der Waals surface area contributed by atoms with Gasteiger partial charge in [0.25, 0.3) is 5.70 Å². The first-order chi connectivity index (χ1) is 26.0. The number of aromatic nitrogens is 1. The van der Waals surface area contributed by atoms with Crippen molar-refractivity contribution in [2.45, 2.75) is 75.0 Å². The molecule has 4 aromatic rings. The molecule has 8 nitrogen and oxygen atoms in total. The Morgan fingerprint density at radius 3 is 2.00 bits per heavy atom. The van der Waals surface area contributed by atoms with Crippen LogP contribution in [0, 0.1) is 41.7 Å². The molecule has 1 aliphatic heterocycles. The molecule has 1 aromatic heterocycles. The lowest BCUT2D eigenvalue weighted by Gasteiger charge is -2.26. The predicted molar refractivity (Wildman–Crippen MR) is 208 cm³/mol. The summed E-state index contributed by atoms with van der Waals surface area (Å²) < 4.78 is 12.8. The minimum atomic E-state index is 0.0934. The van der Waals surface area contributed by atoms with E-state index in [1.54, 1.807) is 48.5 Å². The summed E-state index contributed by atoms with van der Waals surface area (Å²) in [7, 11) is 0. The lowest BCUT2D eigenvalue weighted by atomic mass is 9.80. The summed E-state index contributed by atoms with van der Waals surface area (Å²) in [6, 6.07) is 25.9. The molecule has 0 amide bonds. The number of nitrogens with one attached hydrogen (secondary N) is 1. The second-order valence-electron chi connectivity index (χ2n) is 13.4. The monoisotopic (exact) mass is 734 g/mol. The van der Waals surface area contributed by atoms with E-state index in [1.165, 1.54) is 11.8 Å². The fraction of sp³-hybridized carbons (Fsp3) is 0.279. The quantitative estimate of drug-likeness (QED) is 0.143. The van der Waals surface area contributed by atoms with Gasteiger partial charge in [-0.3, -0.25) is 0 Å². The van der Waals surface area contributed by atoms with Gasteiger partial charge in [0, 0.05) is 15.5 Å². The number of hydrogen-bond acceptors (Lipinski definition) is 6. The molecule has 2 heterocycles. The van der Waals surface area contributed by atoms with Gasteiger partial charge in [0.05, 0.1) is 41.1 Å². The van der Waals surface area contributed by atoms with Crippen LogP contribution >= 0.6 is 23.4 Å². The van der Waals surface area contributed by atoms with Crippen molar-refractivity contribution in [2.24, 2.45) is 10.9 Å². The second kappa shape index (κ2) is 16.3. The minimum Gasteiger partial charge on any atom is -0.449 e. The Morgan fingerprint density at radius 1 is 0.774 bits per heavy atom. The first kappa shape index (κ1) is 35.7. The van der Waals surface area contributed by atoms with E-state index in [-0.39, 0.29) is 17.7 Å². The zero-order chi connectivity index (χ0) is 36.7. The van der Waals surface area contributed by atoms with Crippen molar-refractivity contribution in [3.63, 3.8) is 0 Å². The van der Waals surface area contributed by atoms with Crippen molar-refractivity contribution in [2.75, 3.05) is 0 Å². The summed E-state index contributed by atoms with van der Waals surface area (Å²) in [4.78, 5) is 18.0. The van der Waals surface area contributed by atoms with Crippen LogP contribution in [0.1, 0.15) is 92.5 Å². The molecule has 10 heteroatoms. The van der Waals surface area contributed by atoms with Crippen LogP contribution in [0.2, 0.25) is 5.02 Å². The molecule has 2 fully saturated rings. The molecule has 262 valence electrons. The Kier molecular flexibility index (Phi) is 11.0. The Balaban J connectivity index is 1.47. The van der Waals surface area contributed by atoms with Crippen molar-refractivity contribution >= 4 is 39.9 Å². The molecule has 53 heavy (non-hydrogen) atoms. The molecule has 7 rings (SSSR count). The molecule has 2 saturated carbocycles. The predicted octanol–water partition coefficient (Wildman–Crippen LogP) is 12.5. The number of benzene rings is 3. The van der Waals surface area contributed by atoms with Crippen molar-refractivity contribution in [1.29, 1.82) is 10.5 Å². The SMILES string of the molecule is [C-]#[N+]C1=C(C2CCCCC2)C(=C(Sc2ccc(Cl)cc2)c2[nH]c(Oc3ccc(C#N)cc3)c(C#N)c2C2CCCCC2)N=C1Oc1ccc([N+]#[C-])cc1. The van der Waals surface area contributed by atoms with Gasteiger partial charge in [-0.25, -0.2) is 14.7 Å². The van der Waals surface area contributed by atoms with Crippen LogP contribution in [0.3, 0.4) is 0 Å². The van der Waals surface area contributed by atoms with Gasteiger partial charge in [0.1, 0.15) is 23.1 Å². The topological polar surface area (TPSA) is 103 Å². The van der Waals surface area contributed by atoms with E-state index in [9.17, 15) is 10.5 Å². The molecule has 0 spiro atoms. The summed E-state index contributed by atoms with van der Waals surface area (Å²) in [5.74, 6) is 1.74. The molecule has 2 aliphatic carbocycles. The summed E-state index contributed by atoms with van der Waals surface area (Å²) in [6.45, 7) is 15.8. The van der Waals surface area contributed by atoms with E-state index in [2.05, 4.69) is 26.8 Å². The van der Waals surface area contributed by atoms with Crippen LogP contribution < -0.4 is 9.47 Å². The van der Waals surface area contributed by atoms with E-state index in [1.807, 2.05) is 24.3 Å². The Labute approximate surface area is 319 Å². The largest absolute Gasteiger partial charge is 0.449 e. The summed E-state index contributed by atoms with van der Waals surface area (Å²) in [6.07, 6.45) is 10.2. The summed E-state index contributed by atoms with van der Waals surface area (Å²) in [5.41, 5.74) is 4.99. The molecule has 0 unspecified atom stereocenters. The van der Waals surface area contributed by atoms with Crippen molar-refractivity contribution in [1.82, 2.24) is 4.98 Å². The standard InChI is InChI=1S/C43H35ClN6O2S/c1-47-31-17-21-33(22-18-31)52-43-40(48-2)37(29-11-7-4-8-12-29)39(50-43)41(53-34-23-15-30(44)16-24-34)38-36(28-9-5-3-6-10-28)35(26-46)42(49-38)51-32-19-13-27(25-45)14-20-32/h13-24,28-29,49H,3-12H2. The average Bonchev–Trinajstić information content (AvgIpc) is 3.76. The minimum absolute atomic E-state index is 0.0934. The Morgan fingerprint density at radius 2 is 1.40 bits per heavy atom. The van der Waals surface area contributed by atoms with Crippen LogP contribution in [-0.2, 0) is 0 Å². The molecular weight excluding hydrogens is 700 g/mol. The highest BCUT2D eigenvalue weighted by Crippen LogP contribution is 2.51. The van der Waals surface area contributed by atoms with Gasteiger partial charge < -0.3 is 14.5 Å². The zero-order valence-corrected chi connectivity index (χ0v) is 30.6. The van der Waals surface area contributed by atoms with Crippen molar-refractivity contribution in [3.05, 3.63) is 140 Å². The maximum atomic E-state index is 10.8. The molecule has 0 bridgehead atoms. The molecule has 0 atom stereocenters. The number of thioether (sulfide) groups is 1. The van der Waals surface area contributed by atoms with Crippen LogP contribution in [0.4, 0.5) is 5.69 Å². The number of aliphatic imine (C=N–C) groups is 1. The normalized spacial score (nSPS) is 17.3. The highest BCUT2D eigenvalue weighted by atomic mass is 35.5. The van der Waals surface area contributed by atoms with Crippen LogP contribution in [0.25, 0.3) is 14.6 Å². The third-order valence-corrected chi connectivity index (χ3v) is 11.4. The van der Waals surface area contributed by atoms with Gasteiger partial charge in [-0.15, -0.1) is 0 Å². The Bertz CT molecular complexity index is 2270. The highest BCUT2D eigenvalue weighted by molar-refractivity contribution is 8.08. The number of nitrogens with zero attached hydrogens (tertiary/aromatic N) is 5. The maximum absolute atomic E-state index is 10.8. The lowest BCUT2D eigenvalue weighted by Crippen LogP contribution is -2.13. The third kappa shape index (κ3) is 7.74. The van der Waals surface area contributed by atoms with E-state index in [0.717, 1.165) is 90.8 Å². The van der Waals surface area contributed by atoms with Gasteiger partial charge in [-0.2, -0.15) is 10.5 Å². The number of nitriles is 2. The third-order valence-electron chi connectivity index (χ3n) is 10.0. The lowest BCUT2D eigenvalue weighted by molar-refractivity contribution is 0.405. The maximum Gasteiger partial charge on any atom is 0.253 e. The molecule has 3 aliphatic rings. The Hall–Kier alpha value is -5.71. The first-order valence-electron chi connectivity index (χ1n) is 17.9. The fourth-order valence-electron chi connectivity index (χ4n) is 7.48. The van der Waals surface area contributed by atoms with Gasteiger partial charge in [-0.1, -0.05) is 74.0 Å². The number of H-pyrrole nitrogens is 1. The molecule has 3 aromatic carbocycles. The van der Waals surface area contributed by atoms with Crippen LogP contribution in [0.15, 0.2) is 99.7 Å².